The number of aromatic nitrogens is 2. The molecule has 4 rings (SSSR count). The van der Waals surface area contributed by atoms with E-state index in [0.717, 1.165) is 4.57 Å². The molecule has 0 amide bonds. The van der Waals surface area contributed by atoms with Crippen molar-refractivity contribution in [2.24, 2.45) is 0 Å². The van der Waals surface area contributed by atoms with Crippen molar-refractivity contribution in [3.05, 3.63) is 85.3 Å². The van der Waals surface area contributed by atoms with E-state index in [2.05, 4.69) is 4.98 Å². The van der Waals surface area contributed by atoms with Crippen LogP contribution >= 0.6 is 0 Å². The van der Waals surface area contributed by atoms with Gasteiger partial charge in [0.2, 0.25) is 5.88 Å². The van der Waals surface area contributed by atoms with E-state index >= 15 is 0 Å². The first-order valence-electron chi connectivity index (χ1n) is 9.12. The van der Waals surface area contributed by atoms with Crippen molar-refractivity contribution in [3.8, 4) is 17.4 Å². The predicted octanol–water partition coefficient (Wildman–Crippen LogP) is 1.71. The molecule has 3 aromatic rings. The Morgan fingerprint density at radius 1 is 1.10 bits per heavy atom. The summed E-state index contributed by atoms with van der Waals surface area (Å²) in [6, 6.07) is 8.34. The number of rotatable bonds is 5. The molecule has 0 bridgehead atoms. The summed E-state index contributed by atoms with van der Waals surface area (Å²) in [7, 11) is 2.76. The van der Waals surface area contributed by atoms with Crippen LogP contribution in [-0.4, -0.2) is 34.8 Å². The SMILES string of the molecule is COc1ccc2c(c1OC)C(=O)O[C@H]2c1c(O)n(Cc2ccc(F)cc2)c(=O)[nH]c1=O. The molecule has 0 fully saturated rings. The van der Waals surface area contributed by atoms with Crippen molar-refractivity contribution in [2.45, 2.75) is 12.6 Å². The number of hydrogen-bond acceptors (Lipinski definition) is 7. The fraction of sp³-hybridized carbons (Fsp3) is 0.190. The molecule has 2 heterocycles. The molecule has 0 saturated carbocycles. The van der Waals surface area contributed by atoms with Gasteiger partial charge in [-0.25, -0.2) is 14.0 Å². The van der Waals surface area contributed by atoms with Gasteiger partial charge in [-0.1, -0.05) is 18.2 Å². The second-order valence-corrected chi connectivity index (χ2v) is 6.76. The second kappa shape index (κ2) is 7.63. The molecule has 2 aromatic carbocycles. The van der Waals surface area contributed by atoms with Gasteiger partial charge in [0.1, 0.15) is 16.9 Å². The molecule has 1 aliphatic rings. The van der Waals surface area contributed by atoms with Gasteiger partial charge in [-0.2, -0.15) is 0 Å². The van der Waals surface area contributed by atoms with Crippen molar-refractivity contribution in [3.63, 3.8) is 0 Å². The number of esters is 1. The first kappa shape index (κ1) is 20.2. The Morgan fingerprint density at radius 2 is 1.81 bits per heavy atom. The maximum absolute atomic E-state index is 13.2. The van der Waals surface area contributed by atoms with E-state index in [0.29, 0.717) is 11.3 Å². The van der Waals surface area contributed by atoms with Crippen LogP contribution in [0, 0.1) is 5.82 Å². The third-order valence-corrected chi connectivity index (χ3v) is 5.01. The van der Waals surface area contributed by atoms with Crippen molar-refractivity contribution >= 4 is 5.97 Å². The smallest absolute Gasteiger partial charge is 0.343 e. The zero-order valence-corrected chi connectivity index (χ0v) is 16.5. The maximum Gasteiger partial charge on any atom is 0.343 e. The number of aromatic hydroxyl groups is 1. The Bertz CT molecular complexity index is 1290. The number of carbonyl (C=O) groups excluding carboxylic acids is 1. The summed E-state index contributed by atoms with van der Waals surface area (Å²) < 4.78 is 29.9. The van der Waals surface area contributed by atoms with Gasteiger partial charge in [0, 0.05) is 5.56 Å². The molecule has 0 saturated heterocycles. The van der Waals surface area contributed by atoms with Gasteiger partial charge in [0.05, 0.1) is 20.8 Å². The van der Waals surface area contributed by atoms with Crippen LogP contribution in [0.15, 0.2) is 46.0 Å². The van der Waals surface area contributed by atoms with Crippen molar-refractivity contribution < 1.29 is 28.5 Å². The van der Waals surface area contributed by atoms with Crippen LogP contribution in [0.4, 0.5) is 4.39 Å². The Morgan fingerprint density at radius 3 is 2.45 bits per heavy atom. The lowest BCUT2D eigenvalue weighted by atomic mass is 9.99. The van der Waals surface area contributed by atoms with Crippen LogP contribution in [-0.2, 0) is 11.3 Å². The molecule has 1 aliphatic heterocycles. The number of cyclic esters (lactones) is 1. The average molecular weight is 428 g/mol. The van der Waals surface area contributed by atoms with Gasteiger partial charge in [-0.05, 0) is 23.8 Å². The quantitative estimate of drug-likeness (QED) is 0.594. The molecule has 0 aliphatic carbocycles. The number of fused-ring (bicyclic) bond motifs is 1. The fourth-order valence-corrected chi connectivity index (χ4v) is 3.55. The molecule has 2 N–H and O–H groups in total. The van der Waals surface area contributed by atoms with E-state index in [4.69, 9.17) is 14.2 Å². The lowest BCUT2D eigenvalue weighted by Gasteiger charge is -2.16. The molecule has 0 radical (unpaired) electrons. The maximum atomic E-state index is 13.2. The molecule has 1 aromatic heterocycles. The fourth-order valence-electron chi connectivity index (χ4n) is 3.55. The third-order valence-electron chi connectivity index (χ3n) is 5.01. The first-order chi connectivity index (χ1) is 14.8. The predicted molar refractivity (Wildman–Crippen MR) is 105 cm³/mol. The zero-order valence-electron chi connectivity index (χ0n) is 16.5. The van der Waals surface area contributed by atoms with Crippen LogP contribution in [0.25, 0.3) is 0 Å². The highest BCUT2D eigenvalue weighted by Crippen LogP contribution is 2.44. The topological polar surface area (TPSA) is 120 Å². The monoisotopic (exact) mass is 428 g/mol. The number of halogens is 1. The number of ether oxygens (including phenoxy) is 3. The van der Waals surface area contributed by atoms with Crippen molar-refractivity contribution in [1.82, 2.24) is 9.55 Å². The lowest BCUT2D eigenvalue weighted by molar-refractivity contribution is 0.0446. The average Bonchev–Trinajstić information content (AvgIpc) is 3.07. The number of carbonyl (C=O) groups is 1. The Kier molecular flexibility index (Phi) is 4.97. The summed E-state index contributed by atoms with van der Waals surface area (Å²) in [5.41, 5.74) is -1.25. The summed E-state index contributed by atoms with van der Waals surface area (Å²) in [6.07, 6.45) is -1.27. The van der Waals surface area contributed by atoms with Crippen LogP contribution in [0.3, 0.4) is 0 Å². The summed E-state index contributed by atoms with van der Waals surface area (Å²) in [5.74, 6) is -1.48. The van der Waals surface area contributed by atoms with Gasteiger partial charge in [-0.3, -0.25) is 14.3 Å². The minimum Gasteiger partial charge on any atom is -0.494 e. The van der Waals surface area contributed by atoms with E-state index in [9.17, 15) is 23.9 Å². The Labute approximate surface area is 174 Å². The van der Waals surface area contributed by atoms with Crippen LogP contribution in [0.2, 0.25) is 0 Å². The van der Waals surface area contributed by atoms with Crippen molar-refractivity contribution in [1.29, 1.82) is 0 Å². The highest BCUT2D eigenvalue weighted by Gasteiger charge is 2.40. The van der Waals surface area contributed by atoms with Gasteiger partial charge >= 0.3 is 11.7 Å². The number of hydrogen-bond donors (Lipinski definition) is 2. The van der Waals surface area contributed by atoms with Gasteiger partial charge in [-0.15, -0.1) is 0 Å². The number of methoxy groups -OCH3 is 2. The summed E-state index contributed by atoms with van der Waals surface area (Å²) in [5, 5.41) is 10.8. The third kappa shape index (κ3) is 3.31. The van der Waals surface area contributed by atoms with E-state index < -0.39 is 35.0 Å². The largest absolute Gasteiger partial charge is 0.494 e. The number of aromatic amines is 1. The molecule has 9 nitrogen and oxygen atoms in total. The van der Waals surface area contributed by atoms with Gasteiger partial charge in [0.25, 0.3) is 5.56 Å². The number of H-pyrrole nitrogens is 1. The number of nitrogens with one attached hydrogen (secondary N) is 1. The van der Waals surface area contributed by atoms with Crippen LogP contribution < -0.4 is 20.7 Å². The van der Waals surface area contributed by atoms with Crippen LogP contribution in [0.1, 0.15) is 33.2 Å². The second-order valence-electron chi connectivity index (χ2n) is 6.76. The van der Waals surface area contributed by atoms with Crippen molar-refractivity contribution in [2.75, 3.05) is 14.2 Å². The molecule has 0 unspecified atom stereocenters. The van der Waals surface area contributed by atoms with E-state index in [-0.39, 0.29) is 29.0 Å². The lowest BCUT2D eigenvalue weighted by Crippen LogP contribution is -2.33. The van der Waals surface area contributed by atoms with E-state index in [1.54, 1.807) is 0 Å². The Hall–Kier alpha value is -4.08. The molecule has 160 valence electrons. The first-order valence-corrected chi connectivity index (χ1v) is 9.12. The summed E-state index contributed by atoms with van der Waals surface area (Å²) >= 11 is 0. The van der Waals surface area contributed by atoms with Crippen LogP contribution in [0.5, 0.6) is 17.4 Å². The Balaban J connectivity index is 1.85. The summed E-state index contributed by atoms with van der Waals surface area (Å²) in [6.45, 7) is -0.145. The molecular formula is C21H17FN2O7. The number of nitrogens with zero attached hydrogens (tertiary/aromatic N) is 1. The molecule has 10 heteroatoms. The molecular weight excluding hydrogens is 411 g/mol. The highest BCUT2D eigenvalue weighted by molar-refractivity contribution is 5.98. The normalized spacial score (nSPS) is 14.8. The number of benzene rings is 2. The summed E-state index contributed by atoms with van der Waals surface area (Å²) in [4.78, 5) is 39.6. The standard InChI is InChI=1S/C21H17FN2O7/c1-29-13-8-7-12-14(17(13)30-2)20(27)31-16(12)15-18(25)23-21(28)24(19(15)26)9-10-3-5-11(22)6-4-10/h3-8,16,26H,9H2,1-2H3,(H,23,25,28)/t16-/m1/s1. The minimum atomic E-state index is -1.27. The molecule has 0 spiro atoms. The zero-order chi connectivity index (χ0) is 22.3. The highest BCUT2D eigenvalue weighted by atomic mass is 19.1. The van der Waals surface area contributed by atoms with Gasteiger partial charge < -0.3 is 19.3 Å². The minimum absolute atomic E-state index is 0.0573. The van der Waals surface area contributed by atoms with Gasteiger partial charge in [0.15, 0.2) is 17.6 Å². The van der Waals surface area contributed by atoms with E-state index in [1.165, 1.54) is 50.6 Å². The molecule has 1 atom stereocenters. The molecule has 31 heavy (non-hydrogen) atoms. The van der Waals surface area contributed by atoms with E-state index in [1.807, 2.05) is 0 Å².